The Hall–Kier alpha value is -2.65. The fourth-order valence-electron chi connectivity index (χ4n) is 3.93. The third-order valence-electron chi connectivity index (χ3n) is 5.56. The van der Waals surface area contributed by atoms with Crippen LogP contribution < -0.4 is 16.0 Å². The molecular weight excluding hydrogens is 374 g/mol. The minimum Gasteiger partial charge on any atom is -0.369 e. The first-order valence-electron chi connectivity index (χ1n) is 10.6. The summed E-state index contributed by atoms with van der Waals surface area (Å²) in [6.07, 6.45) is 6.85. The van der Waals surface area contributed by atoms with E-state index in [0.717, 1.165) is 30.8 Å². The van der Waals surface area contributed by atoms with Crippen molar-refractivity contribution in [3.05, 3.63) is 35.4 Å². The zero-order chi connectivity index (χ0) is 22.3. The van der Waals surface area contributed by atoms with E-state index in [2.05, 4.69) is 28.2 Å². The molecule has 1 amide bonds. The Labute approximate surface area is 180 Å². The lowest BCUT2D eigenvalue weighted by atomic mass is 9.88. The van der Waals surface area contributed by atoms with Gasteiger partial charge in [0.25, 0.3) is 0 Å². The second kappa shape index (κ2) is 10.4. The highest BCUT2D eigenvalue weighted by Gasteiger charge is 2.29. The number of nitrogens with zero attached hydrogens (tertiary/aromatic N) is 3. The van der Waals surface area contributed by atoms with Gasteiger partial charge in [-0.2, -0.15) is 5.26 Å². The highest BCUT2D eigenvalue weighted by atomic mass is 16.1. The van der Waals surface area contributed by atoms with Gasteiger partial charge in [-0.25, -0.2) is 0 Å². The SMILES string of the molecule is C/C=C/C=Nc1c(C#N)ccc(N2C[C@@H](C)C[C@@H](NC(=O)CC(C)(C)CN)C2)c1C. The number of nitrogens with two attached hydrogens (primary N) is 1. The average Bonchev–Trinajstić information content (AvgIpc) is 2.68. The van der Waals surface area contributed by atoms with Gasteiger partial charge in [-0.05, 0) is 61.9 Å². The lowest BCUT2D eigenvalue weighted by Gasteiger charge is -2.39. The maximum Gasteiger partial charge on any atom is 0.220 e. The molecule has 1 aliphatic heterocycles. The van der Waals surface area contributed by atoms with E-state index in [-0.39, 0.29) is 17.4 Å². The monoisotopic (exact) mass is 409 g/mol. The highest BCUT2D eigenvalue weighted by Crippen LogP contribution is 2.34. The van der Waals surface area contributed by atoms with Crippen LogP contribution in [0, 0.1) is 29.6 Å². The summed E-state index contributed by atoms with van der Waals surface area (Å²) in [7, 11) is 0. The number of rotatable bonds is 7. The van der Waals surface area contributed by atoms with Crippen LogP contribution in [-0.2, 0) is 4.79 Å². The van der Waals surface area contributed by atoms with Crippen LogP contribution in [0.5, 0.6) is 0 Å². The number of benzene rings is 1. The molecule has 162 valence electrons. The number of anilines is 1. The fraction of sp³-hybridized carbons (Fsp3) is 0.542. The minimum atomic E-state index is -0.201. The number of piperidine rings is 1. The van der Waals surface area contributed by atoms with E-state index in [1.807, 2.05) is 52.0 Å². The summed E-state index contributed by atoms with van der Waals surface area (Å²) >= 11 is 0. The normalized spacial score (nSPS) is 20.0. The largest absolute Gasteiger partial charge is 0.369 e. The van der Waals surface area contributed by atoms with Crippen LogP contribution >= 0.6 is 0 Å². The first kappa shape index (κ1) is 23.6. The Morgan fingerprint density at radius 3 is 2.80 bits per heavy atom. The Balaban J connectivity index is 2.23. The number of carbonyl (C=O) groups is 1. The zero-order valence-corrected chi connectivity index (χ0v) is 18.9. The van der Waals surface area contributed by atoms with Crippen LogP contribution in [0.3, 0.4) is 0 Å². The molecule has 30 heavy (non-hydrogen) atoms. The molecule has 1 fully saturated rings. The number of nitriles is 1. The van der Waals surface area contributed by atoms with Crippen molar-refractivity contribution in [1.29, 1.82) is 5.26 Å². The van der Waals surface area contributed by atoms with Crippen molar-refractivity contribution in [3.63, 3.8) is 0 Å². The van der Waals surface area contributed by atoms with E-state index < -0.39 is 0 Å². The van der Waals surface area contributed by atoms with E-state index in [9.17, 15) is 10.1 Å². The first-order chi connectivity index (χ1) is 14.2. The minimum absolute atomic E-state index is 0.0534. The van der Waals surface area contributed by atoms with Gasteiger partial charge in [0.05, 0.1) is 11.3 Å². The predicted molar refractivity (Wildman–Crippen MR) is 124 cm³/mol. The molecule has 1 aromatic rings. The van der Waals surface area contributed by atoms with Gasteiger partial charge in [0, 0.05) is 37.5 Å². The molecule has 0 aromatic heterocycles. The molecular formula is C24H35N5O. The van der Waals surface area contributed by atoms with Gasteiger partial charge < -0.3 is 16.0 Å². The molecule has 2 rings (SSSR count). The summed E-state index contributed by atoms with van der Waals surface area (Å²) in [6.45, 7) is 12.3. The second-order valence-electron chi connectivity index (χ2n) is 9.08. The van der Waals surface area contributed by atoms with Crippen molar-refractivity contribution >= 4 is 23.5 Å². The summed E-state index contributed by atoms with van der Waals surface area (Å²) in [6, 6.07) is 6.16. The first-order valence-corrected chi connectivity index (χ1v) is 10.6. The third kappa shape index (κ3) is 6.17. The molecule has 0 unspecified atom stereocenters. The van der Waals surface area contributed by atoms with Gasteiger partial charge >= 0.3 is 0 Å². The van der Waals surface area contributed by atoms with Crippen molar-refractivity contribution in [2.75, 3.05) is 24.5 Å². The fourth-order valence-corrected chi connectivity index (χ4v) is 3.93. The highest BCUT2D eigenvalue weighted by molar-refractivity contribution is 5.79. The number of nitrogens with one attached hydrogen (secondary N) is 1. The maximum absolute atomic E-state index is 12.5. The van der Waals surface area contributed by atoms with Gasteiger partial charge in [0.1, 0.15) is 6.07 Å². The molecule has 6 heteroatoms. The second-order valence-corrected chi connectivity index (χ2v) is 9.08. The number of carbonyl (C=O) groups excluding carboxylic acids is 1. The van der Waals surface area contributed by atoms with Crippen LogP contribution in [0.4, 0.5) is 11.4 Å². The number of amides is 1. The standard InChI is InChI=1S/C24H35N5O/c1-6-7-10-27-23-18(3)21(9-8-19(23)13-25)29-14-17(2)11-20(15-29)28-22(30)12-24(4,5)16-26/h6-10,17,20H,11-12,14-16,26H2,1-5H3,(H,28,30)/b7-6+,27-10?/t17-,20+/m0/s1. The molecule has 1 saturated heterocycles. The van der Waals surface area contributed by atoms with Gasteiger partial charge in [0.15, 0.2) is 0 Å². The topological polar surface area (TPSA) is 94.5 Å². The Kier molecular flexibility index (Phi) is 8.19. The van der Waals surface area contributed by atoms with Gasteiger partial charge in [-0.1, -0.05) is 26.8 Å². The zero-order valence-electron chi connectivity index (χ0n) is 18.9. The summed E-state index contributed by atoms with van der Waals surface area (Å²) < 4.78 is 0. The van der Waals surface area contributed by atoms with Crippen LogP contribution in [-0.4, -0.2) is 37.8 Å². The smallest absolute Gasteiger partial charge is 0.220 e. The van der Waals surface area contributed by atoms with Crippen molar-refractivity contribution < 1.29 is 4.79 Å². The third-order valence-corrected chi connectivity index (χ3v) is 5.56. The van der Waals surface area contributed by atoms with E-state index >= 15 is 0 Å². The van der Waals surface area contributed by atoms with E-state index in [1.54, 1.807) is 6.21 Å². The number of hydrogen-bond acceptors (Lipinski definition) is 5. The van der Waals surface area contributed by atoms with Crippen LogP contribution in [0.25, 0.3) is 0 Å². The molecule has 1 aromatic carbocycles. The molecule has 1 heterocycles. The molecule has 3 N–H and O–H groups in total. The predicted octanol–water partition coefficient (Wildman–Crippen LogP) is 3.85. The Morgan fingerprint density at radius 2 is 2.17 bits per heavy atom. The molecule has 6 nitrogen and oxygen atoms in total. The number of aliphatic imine (C=N–C) groups is 1. The van der Waals surface area contributed by atoms with E-state index in [0.29, 0.717) is 30.1 Å². The Morgan fingerprint density at radius 1 is 1.43 bits per heavy atom. The van der Waals surface area contributed by atoms with Gasteiger partial charge in [0.2, 0.25) is 5.91 Å². The average molecular weight is 410 g/mol. The molecule has 0 spiro atoms. The van der Waals surface area contributed by atoms with Crippen LogP contribution in [0.15, 0.2) is 29.3 Å². The summed E-state index contributed by atoms with van der Waals surface area (Å²) in [5.41, 5.74) is 8.90. The number of allylic oxidation sites excluding steroid dienone is 2. The van der Waals surface area contributed by atoms with Crippen molar-refractivity contribution in [2.45, 2.75) is 53.5 Å². The number of hydrogen-bond donors (Lipinski definition) is 2. The molecule has 0 radical (unpaired) electrons. The lowest BCUT2D eigenvalue weighted by Crippen LogP contribution is -2.51. The molecule has 0 aliphatic carbocycles. The quantitative estimate of drug-likeness (QED) is 0.669. The molecule has 0 bridgehead atoms. The van der Waals surface area contributed by atoms with E-state index in [1.165, 1.54) is 0 Å². The molecule has 1 aliphatic rings. The summed E-state index contributed by atoms with van der Waals surface area (Å²) in [5, 5.41) is 12.7. The summed E-state index contributed by atoms with van der Waals surface area (Å²) in [4.78, 5) is 19.4. The maximum atomic E-state index is 12.5. The van der Waals surface area contributed by atoms with Crippen molar-refractivity contribution in [2.24, 2.45) is 22.1 Å². The van der Waals surface area contributed by atoms with Crippen LogP contribution in [0.2, 0.25) is 0 Å². The molecule has 0 saturated carbocycles. The van der Waals surface area contributed by atoms with Crippen molar-refractivity contribution in [3.8, 4) is 6.07 Å². The molecule has 2 atom stereocenters. The van der Waals surface area contributed by atoms with Gasteiger partial charge in [-0.3, -0.25) is 9.79 Å². The van der Waals surface area contributed by atoms with E-state index in [4.69, 9.17) is 5.73 Å². The van der Waals surface area contributed by atoms with Gasteiger partial charge in [-0.15, -0.1) is 0 Å². The van der Waals surface area contributed by atoms with Crippen LogP contribution in [0.1, 0.15) is 51.7 Å². The Bertz CT molecular complexity index is 850. The lowest BCUT2D eigenvalue weighted by molar-refractivity contribution is -0.123. The summed E-state index contributed by atoms with van der Waals surface area (Å²) in [5.74, 6) is 0.495. The van der Waals surface area contributed by atoms with Crippen molar-refractivity contribution in [1.82, 2.24) is 5.32 Å².